The number of nitrogens with zero attached hydrogens (tertiary/aromatic N) is 3. The van der Waals surface area contributed by atoms with Crippen molar-refractivity contribution >= 4 is 0 Å². The largest absolute Gasteiger partial charge is 0.493 e. The average molecular weight is 407 g/mol. The summed E-state index contributed by atoms with van der Waals surface area (Å²) in [5.74, 6) is 2.69. The standard InChI is InChI=1S/C24H30N4O2/c1-3-12-28(13-4-2)14-10-19-17-29-23-15-20(6-7-21(19)23)30-24-8-5-18(16-25-24)22-9-11-26-27-22/h5-9,11,15-16,19H,3-4,10,12-14,17H2,1-2H3,(H,26,27). The van der Waals surface area contributed by atoms with E-state index in [1.807, 2.05) is 30.3 Å². The second-order valence-corrected chi connectivity index (χ2v) is 7.80. The van der Waals surface area contributed by atoms with Gasteiger partial charge in [0.05, 0.1) is 12.3 Å². The van der Waals surface area contributed by atoms with Crippen LogP contribution in [-0.4, -0.2) is 46.3 Å². The molecule has 3 heterocycles. The van der Waals surface area contributed by atoms with E-state index >= 15 is 0 Å². The van der Waals surface area contributed by atoms with Crippen LogP contribution in [0.2, 0.25) is 0 Å². The zero-order valence-electron chi connectivity index (χ0n) is 17.8. The maximum atomic E-state index is 5.98. The van der Waals surface area contributed by atoms with Gasteiger partial charge >= 0.3 is 0 Å². The highest BCUT2D eigenvalue weighted by atomic mass is 16.5. The van der Waals surface area contributed by atoms with Gasteiger partial charge in [-0.05, 0) is 57.1 Å². The highest BCUT2D eigenvalue weighted by Gasteiger charge is 2.25. The average Bonchev–Trinajstić information content (AvgIpc) is 3.43. The van der Waals surface area contributed by atoms with E-state index in [1.165, 1.54) is 31.5 Å². The van der Waals surface area contributed by atoms with Gasteiger partial charge in [-0.2, -0.15) is 5.10 Å². The Kier molecular flexibility index (Phi) is 6.64. The van der Waals surface area contributed by atoms with E-state index in [4.69, 9.17) is 9.47 Å². The third kappa shape index (κ3) is 4.82. The highest BCUT2D eigenvalue weighted by Crippen LogP contribution is 2.39. The molecule has 6 nitrogen and oxygen atoms in total. The Morgan fingerprint density at radius 3 is 2.67 bits per heavy atom. The predicted octanol–water partition coefficient (Wildman–Crippen LogP) is 5.25. The van der Waals surface area contributed by atoms with Gasteiger partial charge in [0.2, 0.25) is 5.88 Å². The Balaban J connectivity index is 1.37. The molecule has 0 radical (unpaired) electrons. The third-order valence-corrected chi connectivity index (χ3v) is 5.51. The van der Waals surface area contributed by atoms with Gasteiger partial charge in [-0.1, -0.05) is 19.9 Å². The van der Waals surface area contributed by atoms with E-state index in [2.05, 4.69) is 40.0 Å². The molecule has 1 aromatic carbocycles. The van der Waals surface area contributed by atoms with Crippen LogP contribution in [0.15, 0.2) is 48.8 Å². The molecular formula is C24H30N4O2. The molecule has 1 aliphatic heterocycles. The summed E-state index contributed by atoms with van der Waals surface area (Å²) in [6.45, 7) is 8.72. The first-order valence-electron chi connectivity index (χ1n) is 10.9. The molecule has 0 bridgehead atoms. The molecule has 4 rings (SSSR count). The van der Waals surface area contributed by atoms with Gasteiger partial charge in [-0.3, -0.25) is 5.10 Å². The van der Waals surface area contributed by atoms with Crippen molar-refractivity contribution in [1.82, 2.24) is 20.1 Å². The summed E-state index contributed by atoms with van der Waals surface area (Å²) in [5, 5.41) is 6.90. The Bertz CT molecular complexity index is 919. The lowest BCUT2D eigenvalue weighted by Crippen LogP contribution is -2.27. The van der Waals surface area contributed by atoms with Gasteiger partial charge in [0.1, 0.15) is 11.5 Å². The highest BCUT2D eigenvalue weighted by molar-refractivity contribution is 5.57. The fraction of sp³-hybridized carbons (Fsp3) is 0.417. The lowest BCUT2D eigenvalue weighted by Gasteiger charge is -2.22. The number of rotatable bonds is 10. The van der Waals surface area contributed by atoms with Gasteiger partial charge in [0.15, 0.2) is 0 Å². The molecule has 0 aliphatic carbocycles. The predicted molar refractivity (Wildman–Crippen MR) is 118 cm³/mol. The van der Waals surface area contributed by atoms with Crippen molar-refractivity contribution in [2.75, 3.05) is 26.2 Å². The van der Waals surface area contributed by atoms with Crippen molar-refractivity contribution in [3.05, 3.63) is 54.4 Å². The lowest BCUT2D eigenvalue weighted by atomic mass is 9.97. The van der Waals surface area contributed by atoms with Crippen molar-refractivity contribution in [3.8, 4) is 28.6 Å². The molecule has 1 N–H and O–H groups in total. The minimum atomic E-state index is 0.456. The summed E-state index contributed by atoms with van der Waals surface area (Å²) in [7, 11) is 0. The summed E-state index contributed by atoms with van der Waals surface area (Å²) in [6.07, 6.45) is 7.04. The molecule has 6 heteroatoms. The topological polar surface area (TPSA) is 63.3 Å². The van der Waals surface area contributed by atoms with Crippen LogP contribution in [0.4, 0.5) is 0 Å². The Morgan fingerprint density at radius 2 is 1.97 bits per heavy atom. The number of H-pyrrole nitrogens is 1. The third-order valence-electron chi connectivity index (χ3n) is 5.51. The zero-order valence-corrected chi connectivity index (χ0v) is 17.8. The monoisotopic (exact) mass is 406 g/mol. The maximum Gasteiger partial charge on any atom is 0.219 e. The molecule has 0 saturated heterocycles. The van der Waals surface area contributed by atoms with E-state index in [1.54, 1.807) is 12.4 Å². The molecule has 3 aromatic rings. The second kappa shape index (κ2) is 9.76. The number of hydrogen-bond acceptors (Lipinski definition) is 5. The molecular weight excluding hydrogens is 376 g/mol. The number of aromatic nitrogens is 3. The van der Waals surface area contributed by atoms with E-state index in [-0.39, 0.29) is 0 Å². The van der Waals surface area contributed by atoms with Crippen LogP contribution in [0.3, 0.4) is 0 Å². The normalized spacial score (nSPS) is 15.2. The summed E-state index contributed by atoms with van der Waals surface area (Å²) in [4.78, 5) is 6.97. The summed E-state index contributed by atoms with van der Waals surface area (Å²) in [6, 6.07) is 11.9. The molecule has 1 aliphatic rings. The van der Waals surface area contributed by atoms with Crippen LogP contribution < -0.4 is 9.47 Å². The number of fused-ring (bicyclic) bond motifs is 1. The molecule has 0 fully saturated rings. The smallest absolute Gasteiger partial charge is 0.219 e. The number of nitrogens with one attached hydrogen (secondary N) is 1. The molecule has 0 amide bonds. The van der Waals surface area contributed by atoms with Crippen LogP contribution >= 0.6 is 0 Å². The fourth-order valence-electron chi connectivity index (χ4n) is 4.00. The first-order chi connectivity index (χ1) is 14.8. The number of hydrogen-bond donors (Lipinski definition) is 1. The van der Waals surface area contributed by atoms with Crippen molar-refractivity contribution in [2.45, 2.75) is 39.0 Å². The van der Waals surface area contributed by atoms with E-state index < -0.39 is 0 Å². The minimum absolute atomic E-state index is 0.456. The van der Waals surface area contributed by atoms with E-state index in [9.17, 15) is 0 Å². The molecule has 0 spiro atoms. The molecule has 158 valence electrons. The van der Waals surface area contributed by atoms with E-state index in [0.717, 1.165) is 42.3 Å². The second-order valence-electron chi connectivity index (χ2n) is 7.80. The SMILES string of the molecule is CCCN(CCC)CCC1COc2cc(Oc3ccc(-c4ccn[nH]4)cn3)ccc21. The number of ether oxygens (including phenoxy) is 2. The Morgan fingerprint density at radius 1 is 1.10 bits per heavy atom. The zero-order chi connectivity index (χ0) is 20.8. The van der Waals surface area contributed by atoms with Gasteiger partial charge in [-0.15, -0.1) is 0 Å². The lowest BCUT2D eigenvalue weighted by molar-refractivity contribution is 0.250. The summed E-state index contributed by atoms with van der Waals surface area (Å²) < 4.78 is 11.9. The van der Waals surface area contributed by atoms with Crippen molar-refractivity contribution in [3.63, 3.8) is 0 Å². The summed E-state index contributed by atoms with van der Waals surface area (Å²) >= 11 is 0. The molecule has 1 atom stereocenters. The number of benzene rings is 1. The maximum absolute atomic E-state index is 5.98. The van der Waals surface area contributed by atoms with Crippen molar-refractivity contribution < 1.29 is 9.47 Å². The van der Waals surface area contributed by atoms with Gasteiger partial charge in [-0.25, -0.2) is 4.98 Å². The van der Waals surface area contributed by atoms with Crippen LogP contribution in [-0.2, 0) is 0 Å². The quantitative estimate of drug-likeness (QED) is 0.498. The van der Waals surface area contributed by atoms with Gasteiger partial charge < -0.3 is 14.4 Å². The molecule has 1 unspecified atom stereocenters. The Labute approximate surface area is 178 Å². The van der Waals surface area contributed by atoms with Crippen LogP contribution in [0.1, 0.15) is 44.6 Å². The van der Waals surface area contributed by atoms with Gasteiger partial charge in [0.25, 0.3) is 0 Å². The molecule has 30 heavy (non-hydrogen) atoms. The van der Waals surface area contributed by atoms with Crippen molar-refractivity contribution in [2.24, 2.45) is 0 Å². The molecule has 2 aromatic heterocycles. The first-order valence-corrected chi connectivity index (χ1v) is 10.9. The first kappa shape index (κ1) is 20.4. The van der Waals surface area contributed by atoms with Crippen LogP contribution in [0, 0.1) is 0 Å². The summed E-state index contributed by atoms with van der Waals surface area (Å²) in [5.41, 5.74) is 3.19. The number of pyridine rings is 1. The van der Waals surface area contributed by atoms with E-state index in [0.29, 0.717) is 11.8 Å². The number of aromatic amines is 1. The Hall–Kier alpha value is -2.86. The van der Waals surface area contributed by atoms with Crippen LogP contribution in [0.25, 0.3) is 11.3 Å². The molecule has 0 saturated carbocycles. The van der Waals surface area contributed by atoms with Crippen molar-refractivity contribution in [1.29, 1.82) is 0 Å². The fourth-order valence-corrected chi connectivity index (χ4v) is 4.00. The minimum Gasteiger partial charge on any atom is -0.493 e. The van der Waals surface area contributed by atoms with Crippen LogP contribution in [0.5, 0.6) is 17.4 Å². The van der Waals surface area contributed by atoms with Gasteiger partial charge in [0, 0.05) is 41.6 Å².